The van der Waals surface area contributed by atoms with Gasteiger partial charge in [0, 0.05) is 12.7 Å². The zero-order valence-electron chi connectivity index (χ0n) is 10.0. The second-order valence-corrected chi connectivity index (χ2v) is 5.85. The number of hydrogen-bond acceptors (Lipinski definition) is 4. The van der Waals surface area contributed by atoms with E-state index in [1.165, 1.54) is 30.7 Å². The molecule has 8 heteroatoms. The van der Waals surface area contributed by atoms with Gasteiger partial charge in [-0.2, -0.15) is 8.42 Å². The highest BCUT2D eigenvalue weighted by Crippen LogP contribution is 2.27. The number of halogens is 1. The molecule has 6 nitrogen and oxygen atoms in total. The fourth-order valence-corrected chi connectivity index (χ4v) is 2.61. The molecule has 2 rings (SSSR count). The highest BCUT2D eigenvalue weighted by molar-refractivity contribution is 7.92. The summed E-state index contributed by atoms with van der Waals surface area (Å²) in [6.07, 6.45) is 2.88. The number of aromatic nitrogens is 2. The van der Waals surface area contributed by atoms with Crippen LogP contribution >= 0.6 is 11.6 Å². The van der Waals surface area contributed by atoms with E-state index in [2.05, 4.69) is 9.71 Å². The number of phenols is 1. The van der Waals surface area contributed by atoms with Crippen molar-refractivity contribution in [3.63, 3.8) is 0 Å². The van der Waals surface area contributed by atoms with Crippen molar-refractivity contribution in [3.8, 4) is 5.75 Å². The van der Waals surface area contributed by atoms with Crippen molar-refractivity contribution in [3.05, 3.63) is 35.7 Å². The Morgan fingerprint density at radius 3 is 2.79 bits per heavy atom. The van der Waals surface area contributed by atoms with Crippen LogP contribution in [-0.4, -0.2) is 23.1 Å². The van der Waals surface area contributed by atoms with Gasteiger partial charge in [-0.05, 0) is 25.1 Å². The molecule has 0 saturated heterocycles. The summed E-state index contributed by atoms with van der Waals surface area (Å²) in [5.74, 6) is -0.111. The monoisotopic (exact) mass is 301 g/mol. The first kappa shape index (κ1) is 13.7. The fraction of sp³-hybridized carbons (Fsp3) is 0.182. The minimum Gasteiger partial charge on any atom is -0.506 e. The number of benzene rings is 1. The number of nitrogens with zero attached hydrogens (tertiary/aromatic N) is 2. The predicted molar refractivity (Wildman–Crippen MR) is 71.8 cm³/mol. The number of phenolic OH excluding ortho intramolecular Hbond substituents is 1. The Labute approximate surface area is 115 Å². The smallest absolute Gasteiger partial charge is 0.280 e. The number of aryl methyl sites for hydroxylation is 1. The molecule has 19 heavy (non-hydrogen) atoms. The van der Waals surface area contributed by atoms with E-state index >= 15 is 0 Å². The van der Waals surface area contributed by atoms with E-state index in [1.54, 1.807) is 4.57 Å². The zero-order chi connectivity index (χ0) is 14.0. The molecular formula is C11H12ClN3O3S. The summed E-state index contributed by atoms with van der Waals surface area (Å²) < 4.78 is 28.1. The zero-order valence-corrected chi connectivity index (χ0v) is 11.6. The average molecular weight is 302 g/mol. The molecular weight excluding hydrogens is 290 g/mol. The number of aromatic hydroxyl groups is 1. The Kier molecular flexibility index (Phi) is 3.68. The molecule has 0 atom stereocenters. The van der Waals surface area contributed by atoms with Crippen LogP contribution in [-0.2, 0) is 16.6 Å². The minimum absolute atomic E-state index is 0.0688. The van der Waals surface area contributed by atoms with Crippen molar-refractivity contribution in [2.45, 2.75) is 18.5 Å². The van der Waals surface area contributed by atoms with E-state index in [9.17, 15) is 13.5 Å². The van der Waals surface area contributed by atoms with Gasteiger partial charge in [-0.15, -0.1) is 0 Å². The van der Waals surface area contributed by atoms with E-state index in [4.69, 9.17) is 11.6 Å². The van der Waals surface area contributed by atoms with Crippen LogP contribution in [0.15, 0.2) is 35.7 Å². The van der Waals surface area contributed by atoms with Gasteiger partial charge in [0.15, 0.2) is 5.03 Å². The molecule has 0 radical (unpaired) electrons. The van der Waals surface area contributed by atoms with Crippen molar-refractivity contribution in [1.29, 1.82) is 0 Å². The third-order valence-electron chi connectivity index (χ3n) is 2.45. The molecule has 102 valence electrons. The standard InChI is InChI=1S/C11H12ClN3O3S/c1-2-15-6-11(13-7-15)19(17,18)14-8-3-4-10(16)9(12)5-8/h3-7,14,16H,2H2,1H3. The molecule has 0 fully saturated rings. The lowest BCUT2D eigenvalue weighted by molar-refractivity contribution is 0.475. The van der Waals surface area contributed by atoms with Crippen molar-refractivity contribution in [2.75, 3.05) is 4.72 Å². The number of sulfonamides is 1. The normalized spacial score (nSPS) is 11.5. The quantitative estimate of drug-likeness (QED) is 0.847. The summed E-state index contributed by atoms with van der Waals surface area (Å²) in [7, 11) is -3.75. The summed E-state index contributed by atoms with van der Waals surface area (Å²) in [4.78, 5) is 3.82. The maximum Gasteiger partial charge on any atom is 0.280 e. The Balaban J connectivity index is 2.28. The summed E-state index contributed by atoms with van der Waals surface area (Å²) in [5, 5.41) is 9.27. The van der Waals surface area contributed by atoms with E-state index in [0.29, 0.717) is 6.54 Å². The lowest BCUT2D eigenvalue weighted by atomic mass is 10.3. The lowest BCUT2D eigenvalue weighted by Gasteiger charge is -2.06. The maximum atomic E-state index is 12.0. The Morgan fingerprint density at radius 1 is 1.47 bits per heavy atom. The van der Waals surface area contributed by atoms with E-state index in [-0.39, 0.29) is 21.5 Å². The number of rotatable bonds is 4. The van der Waals surface area contributed by atoms with Crippen LogP contribution in [0.25, 0.3) is 0 Å². The van der Waals surface area contributed by atoms with Crippen LogP contribution in [0.3, 0.4) is 0 Å². The van der Waals surface area contributed by atoms with E-state index < -0.39 is 10.0 Å². The van der Waals surface area contributed by atoms with Crippen molar-refractivity contribution >= 4 is 27.3 Å². The largest absolute Gasteiger partial charge is 0.506 e. The van der Waals surface area contributed by atoms with Crippen molar-refractivity contribution in [1.82, 2.24) is 9.55 Å². The summed E-state index contributed by atoms with van der Waals surface area (Å²) in [6, 6.07) is 4.05. The molecule has 0 bridgehead atoms. The number of imidazole rings is 1. The van der Waals surface area contributed by atoms with Crippen LogP contribution in [0.1, 0.15) is 6.92 Å². The van der Waals surface area contributed by atoms with Gasteiger partial charge in [-0.25, -0.2) is 4.98 Å². The Bertz CT molecular complexity index is 697. The first-order chi connectivity index (χ1) is 8.92. The lowest BCUT2D eigenvalue weighted by Crippen LogP contribution is -2.13. The highest BCUT2D eigenvalue weighted by Gasteiger charge is 2.17. The number of nitrogens with one attached hydrogen (secondary N) is 1. The molecule has 0 aliphatic rings. The van der Waals surface area contributed by atoms with Gasteiger partial charge in [0.25, 0.3) is 10.0 Å². The summed E-state index contributed by atoms with van der Waals surface area (Å²) in [6.45, 7) is 2.51. The van der Waals surface area contributed by atoms with Gasteiger partial charge in [-0.1, -0.05) is 11.6 Å². The van der Waals surface area contributed by atoms with Gasteiger partial charge in [0.1, 0.15) is 5.75 Å². The van der Waals surface area contributed by atoms with Gasteiger partial charge in [0.2, 0.25) is 0 Å². The van der Waals surface area contributed by atoms with Gasteiger partial charge in [0.05, 0.1) is 17.0 Å². The maximum absolute atomic E-state index is 12.0. The highest BCUT2D eigenvalue weighted by atomic mass is 35.5. The van der Waals surface area contributed by atoms with Gasteiger partial charge in [-0.3, -0.25) is 4.72 Å². The molecule has 1 aromatic heterocycles. The first-order valence-electron chi connectivity index (χ1n) is 5.45. The molecule has 0 aliphatic carbocycles. The second kappa shape index (κ2) is 5.10. The van der Waals surface area contributed by atoms with Crippen LogP contribution in [0, 0.1) is 0 Å². The first-order valence-corrected chi connectivity index (χ1v) is 7.31. The third kappa shape index (κ3) is 2.99. The number of anilines is 1. The summed E-state index contributed by atoms with van der Waals surface area (Å²) in [5.41, 5.74) is 0.258. The summed E-state index contributed by atoms with van der Waals surface area (Å²) >= 11 is 5.71. The number of hydrogen-bond donors (Lipinski definition) is 2. The van der Waals surface area contributed by atoms with Crippen molar-refractivity contribution in [2.24, 2.45) is 0 Å². The molecule has 0 saturated carbocycles. The van der Waals surface area contributed by atoms with Crippen LogP contribution in [0.2, 0.25) is 5.02 Å². The molecule has 1 aromatic carbocycles. The molecule has 2 N–H and O–H groups in total. The second-order valence-electron chi connectivity index (χ2n) is 3.81. The fourth-order valence-electron chi connectivity index (χ4n) is 1.43. The Hall–Kier alpha value is -1.73. The molecule has 1 heterocycles. The van der Waals surface area contributed by atoms with Crippen molar-refractivity contribution < 1.29 is 13.5 Å². The van der Waals surface area contributed by atoms with E-state index in [1.807, 2.05) is 6.92 Å². The predicted octanol–water partition coefficient (Wildman–Crippen LogP) is 2.06. The average Bonchev–Trinajstić information content (AvgIpc) is 2.83. The molecule has 2 aromatic rings. The van der Waals surface area contributed by atoms with Gasteiger partial charge < -0.3 is 9.67 Å². The van der Waals surface area contributed by atoms with Gasteiger partial charge >= 0.3 is 0 Å². The Morgan fingerprint density at radius 2 is 2.21 bits per heavy atom. The van der Waals surface area contributed by atoms with E-state index in [0.717, 1.165) is 0 Å². The topological polar surface area (TPSA) is 84.2 Å². The van der Waals surface area contributed by atoms with Crippen LogP contribution < -0.4 is 4.72 Å². The van der Waals surface area contributed by atoms with Crippen LogP contribution in [0.5, 0.6) is 5.75 Å². The molecule has 0 amide bonds. The van der Waals surface area contributed by atoms with Crippen LogP contribution in [0.4, 0.5) is 5.69 Å². The molecule has 0 spiro atoms. The minimum atomic E-state index is -3.75. The third-order valence-corrected chi connectivity index (χ3v) is 4.02. The molecule has 0 aliphatic heterocycles. The molecule has 0 unspecified atom stereocenters. The SMILES string of the molecule is CCn1cnc(S(=O)(=O)Nc2ccc(O)c(Cl)c2)c1.